The first-order valence-electron chi connectivity index (χ1n) is 6.98. The summed E-state index contributed by atoms with van der Waals surface area (Å²) in [4.78, 5) is 7.27. The van der Waals surface area contributed by atoms with Crippen LogP contribution in [-0.2, 0) is 0 Å². The highest BCUT2D eigenvalue weighted by Crippen LogP contribution is 2.37. The van der Waals surface area contributed by atoms with Crippen LogP contribution in [0.2, 0.25) is 5.02 Å². The summed E-state index contributed by atoms with van der Waals surface area (Å²) in [5, 5.41) is 20.6. The average Bonchev–Trinajstić information content (AvgIpc) is 2.87. The molecule has 2 N–H and O–H groups in total. The number of H-pyrrole nitrogens is 1. The number of nitrogens with zero attached hydrogens (tertiary/aromatic N) is 3. The fraction of sp³-hybridized carbons (Fsp3) is 0. The van der Waals surface area contributed by atoms with Crippen molar-refractivity contribution in [2.75, 3.05) is 0 Å². The van der Waals surface area contributed by atoms with E-state index in [1.165, 1.54) is 0 Å². The molecule has 0 aliphatic carbocycles. The second-order valence-corrected chi connectivity index (χ2v) is 5.51. The second kappa shape index (κ2) is 5.37. The molecule has 0 atom stereocenters. The zero-order chi connectivity index (χ0) is 15.8. The predicted octanol–water partition coefficient (Wildman–Crippen LogP) is 5.49. The van der Waals surface area contributed by atoms with E-state index in [9.17, 15) is 5.11 Å². The molecule has 0 spiro atoms. The van der Waals surface area contributed by atoms with Gasteiger partial charge in [0.25, 0.3) is 0 Å². The Morgan fingerprint density at radius 2 is 1.87 bits per heavy atom. The van der Waals surface area contributed by atoms with Crippen LogP contribution in [0.1, 0.15) is 0 Å². The van der Waals surface area contributed by atoms with E-state index in [-0.39, 0.29) is 5.88 Å². The van der Waals surface area contributed by atoms with Gasteiger partial charge in [-0.05, 0) is 36.4 Å². The Labute approximate surface area is 136 Å². The van der Waals surface area contributed by atoms with Crippen LogP contribution in [0, 0.1) is 0 Å². The molecule has 0 saturated heterocycles. The van der Waals surface area contributed by atoms with Crippen LogP contribution in [0.4, 0.5) is 11.5 Å². The maximum Gasteiger partial charge on any atom is 0.218 e. The zero-order valence-corrected chi connectivity index (χ0v) is 12.6. The normalized spacial score (nSPS) is 11.7. The minimum absolute atomic E-state index is 0.0493. The van der Waals surface area contributed by atoms with Gasteiger partial charge in [0, 0.05) is 15.8 Å². The van der Waals surface area contributed by atoms with Gasteiger partial charge in [-0.1, -0.05) is 29.8 Å². The number of halogens is 1. The third-order valence-corrected chi connectivity index (χ3v) is 3.79. The fourth-order valence-corrected chi connectivity index (χ4v) is 2.62. The van der Waals surface area contributed by atoms with Crippen molar-refractivity contribution in [2.45, 2.75) is 0 Å². The number of pyridine rings is 1. The van der Waals surface area contributed by atoms with Gasteiger partial charge in [-0.3, -0.25) is 0 Å². The Balaban J connectivity index is 1.78. The molecule has 0 aliphatic rings. The number of rotatable bonds is 2. The molecule has 0 amide bonds. The Hall–Kier alpha value is -2.92. The Morgan fingerprint density at radius 3 is 2.78 bits per heavy atom. The molecule has 0 aliphatic heterocycles. The molecule has 2 heterocycles. The number of aromatic nitrogens is 2. The third kappa shape index (κ3) is 2.51. The predicted molar refractivity (Wildman–Crippen MR) is 90.9 cm³/mol. The molecule has 4 rings (SSSR count). The molecule has 23 heavy (non-hydrogen) atoms. The van der Waals surface area contributed by atoms with Crippen LogP contribution in [0.15, 0.2) is 64.8 Å². The van der Waals surface area contributed by atoms with E-state index in [1.54, 1.807) is 24.3 Å². The lowest BCUT2D eigenvalue weighted by Gasteiger charge is -1.97. The summed E-state index contributed by atoms with van der Waals surface area (Å²) < 4.78 is 0. The molecule has 0 fully saturated rings. The lowest BCUT2D eigenvalue weighted by Crippen LogP contribution is -1.77. The van der Waals surface area contributed by atoms with Gasteiger partial charge in [0.2, 0.25) is 5.88 Å². The van der Waals surface area contributed by atoms with Gasteiger partial charge in [-0.25, -0.2) is 4.98 Å². The molecule has 6 heteroatoms. The van der Waals surface area contributed by atoms with Crippen molar-refractivity contribution in [3.8, 4) is 5.88 Å². The standard InChI is InChI=1S/C17H11ClN4O/c18-11-6-7-14-12(9-11)16(17(23)20-14)22-21-15-8-5-10-3-1-2-4-13(10)19-15/h1-9,20,23H. The molecule has 0 saturated carbocycles. The van der Waals surface area contributed by atoms with Gasteiger partial charge in [0.1, 0.15) is 0 Å². The number of fused-ring (bicyclic) bond motifs is 2. The van der Waals surface area contributed by atoms with E-state index in [0.717, 1.165) is 16.4 Å². The number of aromatic amines is 1. The van der Waals surface area contributed by atoms with Crippen molar-refractivity contribution < 1.29 is 5.11 Å². The van der Waals surface area contributed by atoms with E-state index < -0.39 is 0 Å². The molecule has 4 aromatic rings. The summed E-state index contributed by atoms with van der Waals surface area (Å²) in [6.07, 6.45) is 0. The van der Waals surface area contributed by atoms with E-state index in [2.05, 4.69) is 20.2 Å². The van der Waals surface area contributed by atoms with Gasteiger partial charge in [-0.15, -0.1) is 10.2 Å². The van der Waals surface area contributed by atoms with Crippen molar-refractivity contribution in [1.82, 2.24) is 9.97 Å². The minimum atomic E-state index is -0.0493. The lowest BCUT2D eigenvalue weighted by molar-refractivity contribution is 0.459. The first-order chi connectivity index (χ1) is 11.2. The second-order valence-electron chi connectivity index (χ2n) is 5.07. The molecule has 0 bridgehead atoms. The van der Waals surface area contributed by atoms with Crippen molar-refractivity contribution in [1.29, 1.82) is 0 Å². The van der Waals surface area contributed by atoms with Crippen LogP contribution in [0.5, 0.6) is 5.88 Å². The molecule has 2 aromatic heterocycles. The number of hydrogen-bond acceptors (Lipinski definition) is 4. The van der Waals surface area contributed by atoms with Gasteiger partial charge in [0.15, 0.2) is 11.5 Å². The number of aromatic hydroxyl groups is 1. The molecule has 5 nitrogen and oxygen atoms in total. The molecular weight excluding hydrogens is 312 g/mol. The monoisotopic (exact) mass is 322 g/mol. The van der Waals surface area contributed by atoms with Gasteiger partial charge in [0.05, 0.1) is 11.0 Å². The van der Waals surface area contributed by atoms with Gasteiger partial charge >= 0.3 is 0 Å². The molecule has 0 unspecified atom stereocenters. The van der Waals surface area contributed by atoms with Crippen molar-refractivity contribution >= 4 is 44.9 Å². The van der Waals surface area contributed by atoms with E-state index in [4.69, 9.17) is 11.6 Å². The van der Waals surface area contributed by atoms with Crippen LogP contribution in [-0.4, -0.2) is 15.1 Å². The van der Waals surface area contributed by atoms with E-state index in [1.807, 2.05) is 30.3 Å². The Bertz CT molecular complexity index is 1060. The number of azo groups is 1. The number of benzene rings is 2. The summed E-state index contributed by atoms with van der Waals surface area (Å²) in [6.45, 7) is 0. The quantitative estimate of drug-likeness (QED) is 0.479. The SMILES string of the molecule is Oc1[nH]c2ccc(Cl)cc2c1N=Nc1ccc2ccccc2n1. The van der Waals surface area contributed by atoms with Crippen LogP contribution in [0.25, 0.3) is 21.8 Å². The highest BCUT2D eigenvalue weighted by Gasteiger charge is 2.10. The minimum Gasteiger partial charge on any atom is -0.493 e. The van der Waals surface area contributed by atoms with Crippen molar-refractivity contribution in [3.63, 3.8) is 0 Å². The topological polar surface area (TPSA) is 73.6 Å². The number of hydrogen-bond donors (Lipinski definition) is 2. The van der Waals surface area contributed by atoms with Crippen LogP contribution < -0.4 is 0 Å². The first-order valence-corrected chi connectivity index (χ1v) is 7.36. The van der Waals surface area contributed by atoms with Crippen LogP contribution >= 0.6 is 11.6 Å². The summed E-state index contributed by atoms with van der Waals surface area (Å²) in [5.41, 5.74) is 1.93. The Morgan fingerprint density at radius 1 is 1.00 bits per heavy atom. The van der Waals surface area contributed by atoms with Crippen molar-refractivity contribution in [3.05, 3.63) is 59.6 Å². The maximum atomic E-state index is 10.0. The van der Waals surface area contributed by atoms with Gasteiger partial charge < -0.3 is 10.1 Å². The fourth-order valence-electron chi connectivity index (χ4n) is 2.45. The zero-order valence-electron chi connectivity index (χ0n) is 11.9. The van der Waals surface area contributed by atoms with E-state index in [0.29, 0.717) is 21.9 Å². The molecule has 2 aromatic carbocycles. The molecular formula is C17H11ClN4O. The third-order valence-electron chi connectivity index (χ3n) is 3.55. The van der Waals surface area contributed by atoms with E-state index >= 15 is 0 Å². The smallest absolute Gasteiger partial charge is 0.218 e. The largest absolute Gasteiger partial charge is 0.493 e. The number of nitrogens with one attached hydrogen (secondary N) is 1. The highest BCUT2D eigenvalue weighted by atomic mass is 35.5. The average molecular weight is 323 g/mol. The summed E-state index contributed by atoms with van der Waals surface area (Å²) in [7, 11) is 0. The first kappa shape index (κ1) is 13.7. The maximum absolute atomic E-state index is 10.0. The molecule has 0 radical (unpaired) electrons. The summed E-state index contributed by atoms with van der Waals surface area (Å²) >= 11 is 6.00. The lowest BCUT2D eigenvalue weighted by atomic mass is 10.2. The summed E-state index contributed by atoms with van der Waals surface area (Å²) in [6, 6.07) is 16.7. The molecule has 112 valence electrons. The summed E-state index contributed by atoms with van der Waals surface area (Å²) in [5.74, 6) is 0.422. The highest BCUT2D eigenvalue weighted by molar-refractivity contribution is 6.31. The van der Waals surface area contributed by atoms with Crippen LogP contribution in [0.3, 0.4) is 0 Å². The van der Waals surface area contributed by atoms with Gasteiger partial charge in [-0.2, -0.15) is 0 Å². The van der Waals surface area contributed by atoms with Crippen molar-refractivity contribution in [2.24, 2.45) is 10.2 Å². The number of para-hydroxylation sites is 1. The Kier molecular flexibility index (Phi) is 3.20.